The maximum Gasteiger partial charge on any atom is 0.264 e. The van der Waals surface area contributed by atoms with Gasteiger partial charge in [-0.3, -0.25) is 4.79 Å². The summed E-state index contributed by atoms with van der Waals surface area (Å²) < 4.78 is 28.8. The summed E-state index contributed by atoms with van der Waals surface area (Å²) in [6.45, 7) is 2.69. The second-order valence-corrected chi connectivity index (χ2v) is 5.32. The third kappa shape index (κ3) is 3.39. The number of hydrogen-bond acceptors (Lipinski definition) is 5. The third-order valence-electron chi connectivity index (χ3n) is 3.66. The maximum absolute atomic E-state index is 13.7. The van der Waals surface area contributed by atoms with Crippen molar-refractivity contribution < 1.29 is 18.4 Å². The van der Waals surface area contributed by atoms with Crippen LogP contribution in [0.5, 0.6) is 0 Å². The van der Waals surface area contributed by atoms with Gasteiger partial charge in [-0.15, -0.1) is 10.2 Å². The SMILES string of the molecule is Cc1nncn1CCNC(=O)[C@@H]1CC(c2cc(F)ccc2F)=NO1. The lowest BCUT2D eigenvalue weighted by molar-refractivity contribution is -0.131. The van der Waals surface area contributed by atoms with E-state index < -0.39 is 17.7 Å². The minimum atomic E-state index is -0.857. The Balaban J connectivity index is 1.53. The summed E-state index contributed by atoms with van der Waals surface area (Å²) in [5.41, 5.74) is 0.215. The van der Waals surface area contributed by atoms with Crippen LogP contribution in [0.1, 0.15) is 17.8 Å². The Labute approximate surface area is 136 Å². The fourth-order valence-corrected chi connectivity index (χ4v) is 2.34. The molecule has 0 unspecified atom stereocenters. The van der Waals surface area contributed by atoms with Crippen LogP contribution in [0, 0.1) is 18.6 Å². The highest BCUT2D eigenvalue weighted by atomic mass is 19.1. The van der Waals surface area contributed by atoms with E-state index in [1.165, 1.54) is 0 Å². The summed E-state index contributed by atoms with van der Waals surface area (Å²) in [4.78, 5) is 17.1. The number of rotatable bonds is 5. The van der Waals surface area contributed by atoms with Crippen LogP contribution in [0.4, 0.5) is 8.78 Å². The quantitative estimate of drug-likeness (QED) is 0.889. The Morgan fingerprint density at radius 3 is 3.04 bits per heavy atom. The number of nitrogens with zero attached hydrogens (tertiary/aromatic N) is 4. The molecule has 1 aromatic carbocycles. The Kier molecular flexibility index (Phi) is 4.50. The number of oxime groups is 1. The summed E-state index contributed by atoms with van der Waals surface area (Å²) in [5, 5.41) is 14.0. The predicted octanol–water partition coefficient (Wildman–Crippen LogP) is 1.17. The zero-order valence-electron chi connectivity index (χ0n) is 12.9. The van der Waals surface area contributed by atoms with Crippen LogP contribution in [-0.4, -0.2) is 39.0 Å². The molecule has 0 saturated carbocycles. The molecule has 0 saturated heterocycles. The maximum atomic E-state index is 13.7. The Morgan fingerprint density at radius 1 is 1.46 bits per heavy atom. The van der Waals surface area contributed by atoms with Gasteiger partial charge in [0.05, 0.1) is 5.71 Å². The molecule has 0 bridgehead atoms. The highest BCUT2D eigenvalue weighted by Gasteiger charge is 2.30. The number of aromatic nitrogens is 3. The van der Waals surface area contributed by atoms with E-state index in [-0.39, 0.29) is 23.6 Å². The van der Waals surface area contributed by atoms with Gasteiger partial charge in [0.25, 0.3) is 5.91 Å². The van der Waals surface area contributed by atoms with Crippen LogP contribution in [0.2, 0.25) is 0 Å². The average Bonchev–Trinajstić information content (AvgIpc) is 3.19. The number of benzene rings is 1. The second kappa shape index (κ2) is 6.73. The number of hydrogen-bond donors (Lipinski definition) is 1. The molecule has 3 rings (SSSR count). The minimum absolute atomic E-state index is 0.00501. The van der Waals surface area contributed by atoms with Crippen molar-refractivity contribution in [2.24, 2.45) is 5.16 Å². The van der Waals surface area contributed by atoms with Crippen LogP contribution in [0.15, 0.2) is 29.7 Å². The minimum Gasteiger partial charge on any atom is -0.382 e. The van der Waals surface area contributed by atoms with Crippen molar-refractivity contribution in [2.45, 2.75) is 26.0 Å². The normalized spacial score (nSPS) is 16.6. The van der Waals surface area contributed by atoms with Crippen molar-refractivity contribution in [3.8, 4) is 0 Å². The van der Waals surface area contributed by atoms with Crippen LogP contribution in [-0.2, 0) is 16.2 Å². The Bertz CT molecular complexity index is 790. The topological polar surface area (TPSA) is 81.4 Å². The first-order chi connectivity index (χ1) is 11.5. The second-order valence-electron chi connectivity index (χ2n) is 5.32. The largest absolute Gasteiger partial charge is 0.382 e. The molecule has 24 heavy (non-hydrogen) atoms. The fraction of sp³-hybridized carbons (Fsp3) is 0.333. The number of carbonyl (C=O) groups excluding carboxylic acids is 1. The number of nitrogens with one attached hydrogen (secondary N) is 1. The van der Waals surface area contributed by atoms with Gasteiger partial charge in [-0.05, 0) is 25.1 Å². The monoisotopic (exact) mass is 335 g/mol. The molecule has 2 aromatic rings. The van der Waals surface area contributed by atoms with E-state index in [2.05, 4.69) is 20.7 Å². The van der Waals surface area contributed by atoms with Gasteiger partial charge in [0.15, 0.2) is 0 Å². The van der Waals surface area contributed by atoms with Gasteiger partial charge in [-0.1, -0.05) is 5.16 Å². The highest BCUT2D eigenvalue weighted by molar-refractivity contribution is 6.04. The molecule has 1 aromatic heterocycles. The molecule has 9 heteroatoms. The van der Waals surface area contributed by atoms with Gasteiger partial charge in [0.2, 0.25) is 6.10 Å². The molecule has 1 amide bonds. The molecular weight excluding hydrogens is 320 g/mol. The summed E-state index contributed by atoms with van der Waals surface area (Å²) >= 11 is 0. The standard InChI is InChI=1S/C15H15F2N5O2/c1-9-20-19-8-22(9)5-4-18-15(23)14-7-13(21-24-14)11-6-10(16)2-3-12(11)17/h2-3,6,8,14H,4-5,7H2,1H3,(H,18,23)/t14-/m0/s1. The zero-order valence-corrected chi connectivity index (χ0v) is 12.9. The van der Waals surface area contributed by atoms with E-state index in [1.807, 2.05) is 6.92 Å². The summed E-state index contributed by atoms with van der Waals surface area (Å²) in [6.07, 6.45) is 0.795. The van der Waals surface area contributed by atoms with Gasteiger partial charge in [0.1, 0.15) is 23.8 Å². The Morgan fingerprint density at radius 2 is 2.29 bits per heavy atom. The molecule has 0 fully saturated rings. The Hall–Kier alpha value is -2.84. The van der Waals surface area contributed by atoms with Crippen LogP contribution < -0.4 is 5.32 Å². The molecule has 126 valence electrons. The molecule has 1 N–H and O–H groups in total. The van der Waals surface area contributed by atoms with Gasteiger partial charge >= 0.3 is 0 Å². The summed E-state index contributed by atoms with van der Waals surface area (Å²) in [5.74, 6) is -0.806. The zero-order chi connectivity index (χ0) is 17.1. The molecular formula is C15H15F2N5O2. The van der Waals surface area contributed by atoms with Crippen molar-refractivity contribution in [1.82, 2.24) is 20.1 Å². The number of aryl methyl sites for hydroxylation is 1. The van der Waals surface area contributed by atoms with Gasteiger partial charge in [0, 0.05) is 25.1 Å². The smallest absolute Gasteiger partial charge is 0.264 e. The third-order valence-corrected chi connectivity index (χ3v) is 3.66. The van der Waals surface area contributed by atoms with Crippen molar-refractivity contribution in [3.05, 3.63) is 47.5 Å². The summed E-state index contributed by atoms with van der Waals surface area (Å²) in [7, 11) is 0. The number of carbonyl (C=O) groups is 1. The van der Waals surface area contributed by atoms with Gasteiger partial charge < -0.3 is 14.7 Å². The van der Waals surface area contributed by atoms with Crippen molar-refractivity contribution in [3.63, 3.8) is 0 Å². The van der Waals surface area contributed by atoms with Crippen molar-refractivity contribution in [1.29, 1.82) is 0 Å². The van der Waals surface area contributed by atoms with E-state index in [0.29, 0.717) is 13.1 Å². The van der Waals surface area contributed by atoms with Crippen LogP contribution in [0.25, 0.3) is 0 Å². The lowest BCUT2D eigenvalue weighted by Crippen LogP contribution is -2.36. The average molecular weight is 335 g/mol. The van der Waals surface area contributed by atoms with Crippen molar-refractivity contribution in [2.75, 3.05) is 6.54 Å². The predicted molar refractivity (Wildman–Crippen MR) is 80.2 cm³/mol. The molecule has 7 nitrogen and oxygen atoms in total. The molecule has 1 atom stereocenters. The van der Waals surface area contributed by atoms with Gasteiger partial charge in [-0.25, -0.2) is 8.78 Å². The lowest BCUT2D eigenvalue weighted by Gasteiger charge is -2.10. The molecule has 0 spiro atoms. The fourth-order valence-electron chi connectivity index (χ4n) is 2.34. The summed E-state index contributed by atoms with van der Waals surface area (Å²) in [6, 6.07) is 3.07. The van der Waals surface area contributed by atoms with E-state index in [4.69, 9.17) is 4.84 Å². The van der Waals surface area contributed by atoms with E-state index in [9.17, 15) is 13.6 Å². The van der Waals surface area contributed by atoms with Crippen LogP contribution >= 0.6 is 0 Å². The lowest BCUT2D eigenvalue weighted by atomic mass is 10.0. The molecule has 0 aliphatic carbocycles. The van der Waals surface area contributed by atoms with E-state index in [0.717, 1.165) is 24.0 Å². The number of halogens is 2. The first kappa shape index (κ1) is 16.0. The van der Waals surface area contributed by atoms with Crippen molar-refractivity contribution >= 4 is 11.6 Å². The van der Waals surface area contributed by atoms with E-state index >= 15 is 0 Å². The highest BCUT2D eigenvalue weighted by Crippen LogP contribution is 2.20. The molecule has 2 heterocycles. The first-order valence-electron chi connectivity index (χ1n) is 7.35. The first-order valence-corrected chi connectivity index (χ1v) is 7.35. The molecule has 0 radical (unpaired) electrons. The number of amides is 1. The molecule has 1 aliphatic rings. The van der Waals surface area contributed by atoms with Crippen LogP contribution in [0.3, 0.4) is 0 Å². The molecule has 1 aliphatic heterocycles. The van der Waals surface area contributed by atoms with E-state index in [1.54, 1.807) is 10.9 Å². The van der Waals surface area contributed by atoms with Gasteiger partial charge in [-0.2, -0.15) is 0 Å².